The monoisotopic (exact) mass is 280 g/mol. The zero-order valence-electron chi connectivity index (χ0n) is 11.9. The van der Waals surface area contributed by atoms with Gasteiger partial charge in [0.25, 0.3) is 0 Å². The van der Waals surface area contributed by atoms with E-state index in [0.717, 1.165) is 28.1 Å². The second-order valence-corrected chi connectivity index (χ2v) is 4.61. The molecule has 0 spiro atoms. The SMILES string of the molecule is COc1ccccc1C(C)=NNc1nc2ccccc2[nH]1. The minimum absolute atomic E-state index is 0.616. The topological polar surface area (TPSA) is 62.3 Å². The number of hydrazone groups is 1. The Hall–Kier alpha value is -2.82. The first kappa shape index (κ1) is 13.2. The fourth-order valence-electron chi connectivity index (χ4n) is 2.15. The molecule has 0 radical (unpaired) electrons. The largest absolute Gasteiger partial charge is 0.496 e. The van der Waals surface area contributed by atoms with Gasteiger partial charge in [0, 0.05) is 5.56 Å². The second-order valence-electron chi connectivity index (χ2n) is 4.61. The van der Waals surface area contributed by atoms with Crippen molar-refractivity contribution in [3.05, 3.63) is 54.1 Å². The second kappa shape index (κ2) is 5.66. The van der Waals surface area contributed by atoms with E-state index in [-0.39, 0.29) is 0 Å². The highest BCUT2D eigenvalue weighted by atomic mass is 16.5. The molecule has 0 unspecified atom stereocenters. The van der Waals surface area contributed by atoms with Crippen LogP contribution in [0.15, 0.2) is 53.6 Å². The number of benzene rings is 2. The Kier molecular flexibility index (Phi) is 3.55. The number of aromatic amines is 1. The fraction of sp³-hybridized carbons (Fsp3) is 0.125. The number of nitrogens with zero attached hydrogens (tertiary/aromatic N) is 2. The molecule has 0 amide bonds. The number of imidazole rings is 1. The van der Waals surface area contributed by atoms with E-state index in [9.17, 15) is 0 Å². The molecular formula is C16H16N4O. The molecule has 0 atom stereocenters. The fourth-order valence-corrected chi connectivity index (χ4v) is 2.15. The van der Waals surface area contributed by atoms with Crippen molar-refractivity contribution in [2.45, 2.75) is 6.92 Å². The molecule has 0 aliphatic carbocycles. The lowest BCUT2D eigenvalue weighted by Gasteiger charge is -2.07. The Morgan fingerprint density at radius 1 is 1.14 bits per heavy atom. The van der Waals surface area contributed by atoms with E-state index in [1.807, 2.05) is 55.5 Å². The van der Waals surface area contributed by atoms with E-state index < -0.39 is 0 Å². The van der Waals surface area contributed by atoms with Crippen LogP contribution in [0.2, 0.25) is 0 Å². The molecule has 3 rings (SSSR count). The Labute approximate surface area is 122 Å². The van der Waals surface area contributed by atoms with Crippen LogP contribution in [-0.4, -0.2) is 22.8 Å². The molecule has 0 saturated carbocycles. The van der Waals surface area contributed by atoms with Crippen LogP contribution in [-0.2, 0) is 0 Å². The summed E-state index contributed by atoms with van der Waals surface area (Å²) in [4.78, 5) is 7.59. The van der Waals surface area contributed by atoms with Gasteiger partial charge < -0.3 is 9.72 Å². The Morgan fingerprint density at radius 3 is 2.71 bits per heavy atom. The lowest BCUT2D eigenvalue weighted by molar-refractivity contribution is 0.414. The quantitative estimate of drug-likeness (QED) is 0.568. The first-order valence-electron chi connectivity index (χ1n) is 6.66. The van der Waals surface area contributed by atoms with E-state index in [1.54, 1.807) is 7.11 Å². The van der Waals surface area contributed by atoms with Crippen molar-refractivity contribution in [1.29, 1.82) is 0 Å². The number of hydrogen-bond acceptors (Lipinski definition) is 4. The van der Waals surface area contributed by atoms with E-state index in [1.165, 1.54) is 0 Å². The van der Waals surface area contributed by atoms with Crippen LogP contribution in [0.5, 0.6) is 5.75 Å². The third-order valence-electron chi connectivity index (χ3n) is 3.22. The molecule has 106 valence electrons. The number of H-pyrrole nitrogens is 1. The Balaban J connectivity index is 1.84. The number of hydrogen-bond donors (Lipinski definition) is 2. The number of fused-ring (bicyclic) bond motifs is 1. The summed E-state index contributed by atoms with van der Waals surface area (Å²) in [5, 5.41) is 4.36. The summed E-state index contributed by atoms with van der Waals surface area (Å²) in [7, 11) is 1.65. The van der Waals surface area contributed by atoms with Gasteiger partial charge in [0.05, 0.1) is 23.9 Å². The molecule has 0 saturated heterocycles. The smallest absolute Gasteiger partial charge is 0.222 e. The number of methoxy groups -OCH3 is 1. The number of rotatable bonds is 4. The van der Waals surface area contributed by atoms with E-state index in [4.69, 9.17) is 4.74 Å². The summed E-state index contributed by atoms with van der Waals surface area (Å²) in [5.41, 5.74) is 6.61. The van der Waals surface area contributed by atoms with Gasteiger partial charge in [-0.05, 0) is 31.2 Å². The molecule has 3 aromatic rings. The molecule has 0 aliphatic heterocycles. The molecule has 0 aliphatic rings. The van der Waals surface area contributed by atoms with Gasteiger partial charge in [0.15, 0.2) is 0 Å². The van der Waals surface area contributed by atoms with Gasteiger partial charge in [-0.1, -0.05) is 24.3 Å². The minimum atomic E-state index is 0.616. The van der Waals surface area contributed by atoms with Crippen molar-refractivity contribution < 1.29 is 4.74 Å². The van der Waals surface area contributed by atoms with Gasteiger partial charge in [-0.3, -0.25) is 0 Å². The van der Waals surface area contributed by atoms with Gasteiger partial charge in [-0.2, -0.15) is 5.10 Å². The van der Waals surface area contributed by atoms with Crippen LogP contribution in [0.4, 0.5) is 5.95 Å². The predicted octanol–water partition coefficient (Wildman–Crippen LogP) is 3.41. The summed E-state index contributed by atoms with van der Waals surface area (Å²) in [6.45, 7) is 1.92. The van der Waals surface area contributed by atoms with Crippen molar-refractivity contribution in [2.24, 2.45) is 5.10 Å². The zero-order chi connectivity index (χ0) is 14.7. The van der Waals surface area contributed by atoms with Gasteiger partial charge in [-0.15, -0.1) is 0 Å². The van der Waals surface area contributed by atoms with Crippen molar-refractivity contribution in [2.75, 3.05) is 12.5 Å². The van der Waals surface area contributed by atoms with Gasteiger partial charge >= 0.3 is 0 Å². The third kappa shape index (κ3) is 2.72. The van der Waals surface area contributed by atoms with Crippen LogP contribution >= 0.6 is 0 Å². The number of nitrogens with one attached hydrogen (secondary N) is 2. The average Bonchev–Trinajstić information content (AvgIpc) is 2.95. The Morgan fingerprint density at radius 2 is 1.90 bits per heavy atom. The maximum Gasteiger partial charge on any atom is 0.222 e. The highest BCUT2D eigenvalue weighted by Crippen LogP contribution is 2.18. The summed E-state index contributed by atoms with van der Waals surface area (Å²) < 4.78 is 5.33. The lowest BCUT2D eigenvalue weighted by Crippen LogP contribution is -2.02. The molecule has 5 heteroatoms. The molecule has 21 heavy (non-hydrogen) atoms. The number of aromatic nitrogens is 2. The van der Waals surface area contributed by atoms with Crippen molar-refractivity contribution in [3.63, 3.8) is 0 Å². The van der Waals surface area contributed by atoms with Gasteiger partial charge in [-0.25, -0.2) is 10.4 Å². The van der Waals surface area contributed by atoms with E-state index in [2.05, 4.69) is 20.5 Å². The minimum Gasteiger partial charge on any atom is -0.496 e. The summed E-state index contributed by atoms with van der Waals surface area (Å²) in [5.74, 6) is 1.41. The first-order chi connectivity index (χ1) is 10.3. The maximum atomic E-state index is 5.33. The van der Waals surface area contributed by atoms with Crippen LogP contribution in [0.25, 0.3) is 11.0 Å². The molecule has 2 N–H and O–H groups in total. The average molecular weight is 280 g/mol. The molecule has 0 fully saturated rings. The summed E-state index contributed by atoms with van der Waals surface area (Å²) >= 11 is 0. The molecule has 2 aromatic carbocycles. The molecule has 5 nitrogen and oxygen atoms in total. The third-order valence-corrected chi connectivity index (χ3v) is 3.22. The van der Waals surface area contributed by atoms with E-state index in [0.29, 0.717) is 5.95 Å². The molecule has 1 aromatic heterocycles. The van der Waals surface area contributed by atoms with E-state index >= 15 is 0 Å². The van der Waals surface area contributed by atoms with Crippen LogP contribution < -0.4 is 10.2 Å². The van der Waals surface area contributed by atoms with Crippen LogP contribution in [0.1, 0.15) is 12.5 Å². The zero-order valence-corrected chi connectivity index (χ0v) is 11.9. The van der Waals surface area contributed by atoms with Gasteiger partial charge in [0.2, 0.25) is 5.95 Å². The summed E-state index contributed by atoms with van der Waals surface area (Å²) in [6, 6.07) is 15.6. The predicted molar refractivity (Wildman–Crippen MR) is 84.9 cm³/mol. The number of ether oxygens (including phenoxy) is 1. The summed E-state index contributed by atoms with van der Waals surface area (Å²) in [6.07, 6.45) is 0. The highest BCUT2D eigenvalue weighted by molar-refractivity contribution is 6.01. The highest BCUT2D eigenvalue weighted by Gasteiger charge is 2.05. The number of anilines is 1. The first-order valence-corrected chi connectivity index (χ1v) is 6.66. The van der Waals surface area contributed by atoms with Crippen LogP contribution in [0.3, 0.4) is 0 Å². The van der Waals surface area contributed by atoms with Gasteiger partial charge in [0.1, 0.15) is 5.75 Å². The number of para-hydroxylation sites is 3. The van der Waals surface area contributed by atoms with Crippen molar-refractivity contribution >= 4 is 22.7 Å². The van der Waals surface area contributed by atoms with Crippen molar-refractivity contribution in [3.8, 4) is 5.75 Å². The molecular weight excluding hydrogens is 264 g/mol. The standard InChI is InChI=1S/C16H16N4O/c1-11(12-7-3-6-10-15(12)21-2)19-20-16-17-13-8-4-5-9-14(13)18-16/h3-10H,1-2H3,(H2,17,18,20). The normalized spacial score (nSPS) is 11.6. The Bertz CT molecular complexity index is 759. The maximum absolute atomic E-state index is 5.33. The lowest BCUT2D eigenvalue weighted by atomic mass is 10.1. The molecule has 1 heterocycles. The molecule has 0 bridgehead atoms. The van der Waals surface area contributed by atoms with Crippen molar-refractivity contribution in [1.82, 2.24) is 9.97 Å². The van der Waals surface area contributed by atoms with Crippen LogP contribution in [0, 0.1) is 0 Å².